The highest BCUT2D eigenvalue weighted by molar-refractivity contribution is 7.92. The number of aromatic nitrogens is 2. The largest absolute Gasteiger partial charge is 0.383 e. The van der Waals surface area contributed by atoms with Crippen molar-refractivity contribution in [2.45, 2.75) is 18.9 Å². The SMILES string of the molecule is CCNc1cccnc1S(=O)(=O)Nc1cccc(C)n1. The van der Waals surface area contributed by atoms with E-state index in [9.17, 15) is 8.42 Å². The van der Waals surface area contributed by atoms with Gasteiger partial charge in [-0.25, -0.2) is 9.97 Å². The van der Waals surface area contributed by atoms with Crippen molar-refractivity contribution in [3.05, 3.63) is 42.2 Å². The van der Waals surface area contributed by atoms with E-state index in [2.05, 4.69) is 20.0 Å². The maximum Gasteiger partial charge on any atom is 0.282 e. The first-order chi connectivity index (χ1) is 9.53. The lowest BCUT2D eigenvalue weighted by Crippen LogP contribution is -2.17. The summed E-state index contributed by atoms with van der Waals surface area (Å²) < 4.78 is 27.1. The molecular formula is C13H16N4O2S. The molecule has 0 bridgehead atoms. The molecule has 0 aromatic carbocycles. The molecule has 0 amide bonds. The summed E-state index contributed by atoms with van der Waals surface area (Å²) in [6.45, 7) is 4.29. The van der Waals surface area contributed by atoms with Crippen LogP contribution in [0.4, 0.5) is 11.5 Å². The first-order valence-corrected chi connectivity index (χ1v) is 7.66. The van der Waals surface area contributed by atoms with Crippen LogP contribution in [0, 0.1) is 6.92 Å². The number of nitrogens with zero attached hydrogens (tertiary/aromatic N) is 2. The maximum absolute atomic E-state index is 12.4. The van der Waals surface area contributed by atoms with Gasteiger partial charge in [0.25, 0.3) is 10.0 Å². The van der Waals surface area contributed by atoms with Crippen LogP contribution in [-0.4, -0.2) is 24.9 Å². The molecule has 0 aliphatic carbocycles. The van der Waals surface area contributed by atoms with Crippen LogP contribution in [0.3, 0.4) is 0 Å². The molecule has 2 aromatic heterocycles. The molecule has 6 nitrogen and oxygen atoms in total. The van der Waals surface area contributed by atoms with Gasteiger partial charge in [-0.3, -0.25) is 4.72 Å². The zero-order valence-electron chi connectivity index (χ0n) is 11.3. The summed E-state index contributed by atoms with van der Waals surface area (Å²) >= 11 is 0. The fraction of sp³-hybridized carbons (Fsp3) is 0.231. The van der Waals surface area contributed by atoms with E-state index in [4.69, 9.17) is 0 Å². The Kier molecular flexibility index (Phi) is 4.19. The Balaban J connectivity index is 2.36. The number of aryl methyl sites for hydroxylation is 1. The topological polar surface area (TPSA) is 84.0 Å². The summed E-state index contributed by atoms with van der Waals surface area (Å²) in [6.07, 6.45) is 1.44. The second-order valence-electron chi connectivity index (χ2n) is 4.16. The van der Waals surface area contributed by atoms with Gasteiger partial charge in [0, 0.05) is 18.4 Å². The van der Waals surface area contributed by atoms with E-state index >= 15 is 0 Å². The van der Waals surface area contributed by atoms with Crippen molar-refractivity contribution in [3.8, 4) is 0 Å². The minimum Gasteiger partial charge on any atom is -0.383 e. The molecule has 0 spiro atoms. The van der Waals surface area contributed by atoms with Crippen molar-refractivity contribution in [1.29, 1.82) is 0 Å². The molecule has 0 fully saturated rings. The summed E-state index contributed by atoms with van der Waals surface area (Å²) in [5.41, 5.74) is 1.20. The third kappa shape index (κ3) is 3.24. The quantitative estimate of drug-likeness (QED) is 0.880. The van der Waals surface area contributed by atoms with Crippen LogP contribution < -0.4 is 10.0 Å². The average Bonchev–Trinajstić information content (AvgIpc) is 2.39. The van der Waals surface area contributed by atoms with Gasteiger partial charge in [-0.1, -0.05) is 6.07 Å². The molecule has 0 atom stereocenters. The van der Waals surface area contributed by atoms with Crippen molar-refractivity contribution in [1.82, 2.24) is 9.97 Å². The van der Waals surface area contributed by atoms with Gasteiger partial charge in [0.1, 0.15) is 5.82 Å². The highest BCUT2D eigenvalue weighted by Gasteiger charge is 2.20. The van der Waals surface area contributed by atoms with E-state index in [0.29, 0.717) is 12.2 Å². The van der Waals surface area contributed by atoms with E-state index < -0.39 is 10.0 Å². The van der Waals surface area contributed by atoms with E-state index in [1.54, 1.807) is 37.3 Å². The Morgan fingerprint density at radius 3 is 2.70 bits per heavy atom. The molecule has 0 saturated carbocycles. The minimum atomic E-state index is -3.77. The zero-order chi connectivity index (χ0) is 14.6. The molecule has 2 N–H and O–H groups in total. The number of nitrogens with one attached hydrogen (secondary N) is 2. The summed E-state index contributed by atoms with van der Waals surface area (Å²) in [6, 6.07) is 8.49. The van der Waals surface area contributed by atoms with Gasteiger partial charge < -0.3 is 5.32 Å². The van der Waals surface area contributed by atoms with Gasteiger partial charge in [0.05, 0.1) is 5.69 Å². The number of hydrogen-bond acceptors (Lipinski definition) is 5. The van der Waals surface area contributed by atoms with Gasteiger partial charge in [0.15, 0.2) is 5.03 Å². The Hall–Kier alpha value is -2.15. The van der Waals surface area contributed by atoms with Crippen molar-refractivity contribution in [2.75, 3.05) is 16.6 Å². The Morgan fingerprint density at radius 2 is 2.00 bits per heavy atom. The monoisotopic (exact) mass is 292 g/mol. The van der Waals surface area contributed by atoms with E-state index in [0.717, 1.165) is 5.69 Å². The van der Waals surface area contributed by atoms with E-state index in [1.807, 2.05) is 6.92 Å². The molecular weight excluding hydrogens is 276 g/mol. The van der Waals surface area contributed by atoms with Crippen molar-refractivity contribution in [3.63, 3.8) is 0 Å². The van der Waals surface area contributed by atoms with Crippen molar-refractivity contribution < 1.29 is 8.42 Å². The third-order valence-electron chi connectivity index (χ3n) is 2.52. The van der Waals surface area contributed by atoms with Crippen LogP contribution in [0.5, 0.6) is 0 Å². The molecule has 0 aliphatic rings. The summed E-state index contributed by atoms with van der Waals surface area (Å²) in [7, 11) is -3.77. The van der Waals surface area contributed by atoms with Gasteiger partial charge >= 0.3 is 0 Å². The second-order valence-corrected chi connectivity index (χ2v) is 5.75. The highest BCUT2D eigenvalue weighted by Crippen LogP contribution is 2.20. The fourth-order valence-corrected chi connectivity index (χ4v) is 2.83. The predicted molar refractivity (Wildman–Crippen MR) is 78.2 cm³/mol. The standard InChI is InChI=1S/C13H16N4O2S/c1-3-14-11-7-5-9-15-13(11)20(18,19)17-12-8-4-6-10(2)16-12/h4-9,14H,3H2,1-2H3,(H,16,17). The number of pyridine rings is 2. The Morgan fingerprint density at radius 1 is 1.20 bits per heavy atom. The maximum atomic E-state index is 12.4. The van der Waals surface area contributed by atoms with Crippen LogP contribution in [0.1, 0.15) is 12.6 Å². The van der Waals surface area contributed by atoms with E-state index in [1.165, 1.54) is 6.20 Å². The van der Waals surface area contributed by atoms with Crippen LogP contribution in [-0.2, 0) is 10.0 Å². The molecule has 0 unspecified atom stereocenters. The summed E-state index contributed by atoms with van der Waals surface area (Å²) in [5, 5.41) is 2.94. The average molecular weight is 292 g/mol. The molecule has 2 aromatic rings. The molecule has 0 radical (unpaired) electrons. The first kappa shape index (κ1) is 14.3. The number of sulfonamides is 1. The van der Waals surface area contributed by atoms with Crippen molar-refractivity contribution in [2.24, 2.45) is 0 Å². The number of rotatable bonds is 5. The molecule has 2 rings (SSSR count). The first-order valence-electron chi connectivity index (χ1n) is 6.18. The van der Waals surface area contributed by atoms with Gasteiger partial charge in [-0.05, 0) is 38.1 Å². The van der Waals surface area contributed by atoms with Crippen LogP contribution in [0.25, 0.3) is 0 Å². The zero-order valence-corrected chi connectivity index (χ0v) is 12.1. The van der Waals surface area contributed by atoms with Gasteiger partial charge in [-0.15, -0.1) is 0 Å². The minimum absolute atomic E-state index is 0.0369. The second kappa shape index (κ2) is 5.87. The van der Waals surface area contributed by atoms with Gasteiger partial charge in [-0.2, -0.15) is 8.42 Å². The van der Waals surface area contributed by atoms with Gasteiger partial charge in [0.2, 0.25) is 0 Å². The highest BCUT2D eigenvalue weighted by atomic mass is 32.2. The normalized spacial score (nSPS) is 11.1. The molecule has 0 saturated heterocycles. The molecule has 106 valence electrons. The fourth-order valence-electron chi connectivity index (χ4n) is 1.72. The smallest absolute Gasteiger partial charge is 0.282 e. The van der Waals surface area contributed by atoms with Crippen LogP contribution >= 0.6 is 0 Å². The Bertz CT molecular complexity index is 701. The Labute approximate surface area is 118 Å². The van der Waals surface area contributed by atoms with Crippen LogP contribution in [0.15, 0.2) is 41.6 Å². The molecule has 7 heteroatoms. The summed E-state index contributed by atoms with van der Waals surface area (Å²) in [5.74, 6) is 0.276. The number of anilines is 2. The molecule has 0 aliphatic heterocycles. The predicted octanol–water partition coefficient (Wildman–Crippen LogP) is 2.02. The lowest BCUT2D eigenvalue weighted by atomic mass is 10.4. The van der Waals surface area contributed by atoms with E-state index in [-0.39, 0.29) is 10.8 Å². The molecule has 20 heavy (non-hydrogen) atoms. The number of hydrogen-bond donors (Lipinski definition) is 2. The van der Waals surface area contributed by atoms with Crippen LogP contribution in [0.2, 0.25) is 0 Å². The van der Waals surface area contributed by atoms with Crippen molar-refractivity contribution >= 4 is 21.5 Å². The molecule has 2 heterocycles. The third-order valence-corrected chi connectivity index (χ3v) is 3.83. The lowest BCUT2D eigenvalue weighted by molar-refractivity contribution is 0.597. The lowest BCUT2D eigenvalue weighted by Gasteiger charge is -2.11. The summed E-state index contributed by atoms with van der Waals surface area (Å²) in [4.78, 5) is 8.07.